The van der Waals surface area contributed by atoms with Crippen molar-refractivity contribution in [3.05, 3.63) is 59.4 Å². The number of morpholine rings is 1. The Bertz CT molecular complexity index is 1100. The molecule has 3 aromatic rings. The number of hydrogen-bond acceptors (Lipinski definition) is 7. The first-order valence-corrected chi connectivity index (χ1v) is 11.2. The van der Waals surface area contributed by atoms with E-state index in [1.807, 2.05) is 0 Å². The van der Waals surface area contributed by atoms with Crippen LogP contribution in [0.2, 0.25) is 0 Å². The van der Waals surface area contributed by atoms with Gasteiger partial charge in [0.25, 0.3) is 5.91 Å². The first-order valence-electron chi connectivity index (χ1n) is 10.4. The minimum atomic E-state index is -0.465. The minimum Gasteiger partial charge on any atom is -0.465 e. The number of benzene rings is 2. The molecule has 32 heavy (non-hydrogen) atoms. The number of carbonyl (C=O) groups excluding carboxylic acids is 2. The highest BCUT2D eigenvalue weighted by molar-refractivity contribution is 7.22. The van der Waals surface area contributed by atoms with Gasteiger partial charge in [0.2, 0.25) is 0 Å². The topological polar surface area (TPSA) is 72.0 Å². The molecule has 2 heterocycles. The van der Waals surface area contributed by atoms with Crippen LogP contribution in [0.5, 0.6) is 0 Å². The third-order valence-corrected chi connectivity index (χ3v) is 6.39. The van der Waals surface area contributed by atoms with Gasteiger partial charge in [0.05, 0.1) is 30.6 Å². The summed E-state index contributed by atoms with van der Waals surface area (Å²) >= 11 is 1.29. The molecule has 1 saturated heterocycles. The predicted octanol–water partition coefficient (Wildman–Crippen LogP) is 3.59. The monoisotopic (exact) mass is 457 g/mol. The zero-order chi connectivity index (χ0) is 22.5. The highest BCUT2D eigenvalue weighted by Gasteiger charge is 2.23. The largest absolute Gasteiger partial charge is 0.465 e. The van der Waals surface area contributed by atoms with Crippen LogP contribution < -0.4 is 4.90 Å². The molecule has 1 aliphatic heterocycles. The number of amides is 1. The van der Waals surface area contributed by atoms with Gasteiger partial charge in [-0.1, -0.05) is 17.4 Å². The average Bonchev–Trinajstić information content (AvgIpc) is 3.27. The van der Waals surface area contributed by atoms with E-state index in [1.54, 1.807) is 41.3 Å². The summed E-state index contributed by atoms with van der Waals surface area (Å²) in [5, 5.41) is 0.453. The number of halogens is 1. The summed E-state index contributed by atoms with van der Waals surface area (Å²) in [4.78, 5) is 33.4. The number of ether oxygens (including phenoxy) is 2. The lowest BCUT2D eigenvalue weighted by atomic mass is 10.1. The molecule has 7 nitrogen and oxygen atoms in total. The van der Waals surface area contributed by atoms with Crippen molar-refractivity contribution in [2.75, 3.05) is 51.4 Å². The number of para-hydroxylation sites is 1. The van der Waals surface area contributed by atoms with Crippen LogP contribution in [0.25, 0.3) is 10.2 Å². The molecule has 9 heteroatoms. The number of fused-ring (bicyclic) bond motifs is 1. The number of aromatic nitrogens is 1. The molecule has 1 aliphatic rings. The van der Waals surface area contributed by atoms with Crippen LogP contribution >= 0.6 is 11.3 Å². The second kappa shape index (κ2) is 10.2. The molecule has 0 radical (unpaired) electrons. The lowest BCUT2D eigenvalue weighted by molar-refractivity contribution is 0.0376. The van der Waals surface area contributed by atoms with Crippen LogP contribution in [-0.2, 0) is 9.47 Å². The van der Waals surface area contributed by atoms with Crippen molar-refractivity contribution < 1.29 is 23.5 Å². The molecular weight excluding hydrogens is 433 g/mol. The Morgan fingerprint density at radius 1 is 1.16 bits per heavy atom. The Morgan fingerprint density at radius 2 is 1.88 bits per heavy atom. The van der Waals surface area contributed by atoms with Gasteiger partial charge in [0.15, 0.2) is 5.13 Å². The normalized spacial score (nSPS) is 14.4. The molecule has 2 aromatic carbocycles. The van der Waals surface area contributed by atoms with Gasteiger partial charge in [-0.2, -0.15) is 0 Å². The van der Waals surface area contributed by atoms with Crippen LogP contribution in [0.15, 0.2) is 42.5 Å². The van der Waals surface area contributed by atoms with E-state index in [4.69, 9.17) is 9.47 Å². The second-order valence-electron chi connectivity index (χ2n) is 7.42. The van der Waals surface area contributed by atoms with E-state index in [1.165, 1.54) is 24.5 Å². The standard InChI is InChI=1S/C23H24FN3O4S/c1-30-22(29)17-8-6-16(7-9-17)21(28)27(11-3-10-26-12-14-31-15-13-26)23-25-20-18(24)4-2-5-19(20)32-23/h2,4-9H,3,10-15H2,1H3. The van der Waals surface area contributed by atoms with Crippen molar-refractivity contribution in [3.8, 4) is 0 Å². The highest BCUT2D eigenvalue weighted by atomic mass is 32.1. The summed E-state index contributed by atoms with van der Waals surface area (Å²) in [5.74, 6) is -1.12. The van der Waals surface area contributed by atoms with E-state index >= 15 is 0 Å². The number of hydrogen-bond donors (Lipinski definition) is 0. The Morgan fingerprint density at radius 3 is 2.56 bits per heavy atom. The van der Waals surface area contributed by atoms with Gasteiger partial charge in [-0.25, -0.2) is 14.2 Å². The molecule has 0 unspecified atom stereocenters. The van der Waals surface area contributed by atoms with Gasteiger partial charge in [0, 0.05) is 31.7 Å². The van der Waals surface area contributed by atoms with Crippen molar-refractivity contribution in [1.29, 1.82) is 0 Å². The number of methoxy groups -OCH3 is 1. The molecule has 1 amide bonds. The van der Waals surface area contributed by atoms with Crippen LogP contribution in [0.4, 0.5) is 9.52 Å². The zero-order valence-electron chi connectivity index (χ0n) is 17.8. The Balaban J connectivity index is 1.57. The number of anilines is 1. The molecule has 168 valence electrons. The summed E-state index contributed by atoms with van der Waals surface area (Å²) in [6.45, 7) is 4.44. The second-order valence-corrected chi connectivity index (χ2v) is 8.43. The molecule has 0 atom stereocenters. The van der Waals surface area contributed by atoms with Crippen molar-refractivity contribution >= 4 is 38.6 Å². The number of esters is 1. The molecule has 0 saturated carbocycles. The third-order valence-electron chi connectivity index (χ3n) is 5.35. The number of nitrogens with zero attached hydrogens (tertiary/aromatic N) is 3. The van der Waals surface area contributed by atoms with E-state index in [2.05, 4.69) is 9.88 Å². The predicted molar refractivity (Wildman–Crippen MR) is 121 cm³/mol. The molecular formula is C23H24FN3O4S. The van der Waals surface area contributed by atoms with Crippen molar-refractivity contribution in [2.45, 2.75) is 6.42 Å². The van der Waals surface area contributed by atoms with Crippen molar-refractivity contribution in [2.24, 2.45) is 0 Å². The fraction of sp³-hybridized carbons (Fsp3) is 0.348. The SMILES string of the molecule is COC(=O)c1ccc(C(=O)N(CCCN2CCOCC2)c2nc3c(F)cccc3s2)cc1. The highest BCUT2D eigenvalue weighted by Crippen LogP contribution is 2.31. The maximum absolute atomic E-state index is 14.2. The van der Waals surface area contributed by atoms with Crippen molar-refractivity contribution in [3.63, 3.8) is 0 Å². The van der Waals surface area contributed by atoms with Gasteiger partial charge in [-0.15, -0.1) is 0 Å². The average molecular weight is 458 g/mol. The molecule has 0 aliphatic carbocycles. The van der Waals surface area contributed by atoms with Gasteiger partial charge in [-0.05, 0) is 42.8 Å². The molecule has 4 rings (SSSR count). The summed E-state index contributed by atoms with van der Waals surface area (Å²) in [5.41, 5.74) is 1.05. The van der Waals surface area contributed by atoms with E-state index < -0.39 is 11.8 Å². The molecule has 0 bridgehead atoms. The summed E-state index contributed by atoms with van der Waals surface area (Å²) in [6.07, 6.45) is 0.740. The zero-order valence-corrected chi connectivity index (χ0v) is 18.6. The lowest BCUT2D eigenvalue weighted by Crippen LogP contribution is -2.39. The lowest BCUT2D eigenvalue weighted by Gasteiger charge is -2.27. The molecule has 0 N–H and O–H groups in total. The fourth-order valence-corrected chi connectivity index (χ4v) is 4.61. The maximum Gasteiger partial charge on any atom is 0.337 e. The van der Waals surface area contributed by atoms with Crippen LogP contribution in [0.1, 0.15) is 27.1 Å². The Hall–Kier alpha value is -2.88. The first kappa shape index (κ1) is 22.3. The van der Waals surface area contributed by atoms with Crippen LogP contribution in [0.3, 0.4) is 0 Å². The van der Waals surface area contributed by atoms with Crippen LogP contribution in [0, 0.1) is 5.82 Å². The molecule has 0 spiro atoms. The first-order chi connectivity index (χ1) is 15.6. The number of carbonyl (C=O) groups is 2. The maximum atomic E-state index is 14.2. The molecule has 1 fully saturated rings. The summed E-state index contributed by atoms with van der Waals surface area (Å²) in [7, 11) is 1.31. The van der Waals surface area contributed by atoms with E-state index in [-0.39, 0.29) is 11.4 Å². The smallest absolute Gasteiger partial charge is 0.337 e. The summed E-state index contributed by atoms with van der Waals surface area (Å²) in [6, 6.07) is 11.1. The minimum absolute atomic E-state index is 0.247. The fourth-order valence-electron chi connectivity index (χ4n) is 3.60. The van der Waals surface area contributed by atoms with Gasteiger partial charge in [0.1, 0.15) is 11.3 Å². The van der Waals surface area contributed by atoms with Crippen molar-refractivity contribution in [1.82, 2.24) is 9.88 Å². The van der Waals surface area contributed by atoms with Gasteiger partial charge < -0.3 is 9.47 Å². The number of thiazole rings is 1. The quantitative estimate of drug-likeness (QED) is 0.505. The van der Waals surface area contributed by atoms with Gasteiger partial charge >= 0.3 is 5.97 Å². The van der Waals surface area contributed by atoms with Gasteiger partial charge in [-0.3, -0.25) is 14.6 Å². The third kappa shape index (κ3) is 4.95. The van der Waals surface area contributed by atoms with E-state index in [0.717, 1.165) is 26.1 Å². The van der Waals surface area contributed by atoms with Crippen LogP contribution in [-0.4, -0.2) is 68.3 Å². The van der Waals surface area contributed by atoms with E-state index in [9.17, 15) is 14.0 Å². The Kier molecular flexibility index (Phi) is 7.09. The van der Waals surface area contributed by atoms with E-state index in [0.29, 0.717) is 40.7 Å². The Labute approximate surface area is 189 Å². The summed E-state index contributed by atoms with van der Waals surface area (Å²) < 4.78 is 25.0. The molecule has 1 aromatic heterocycles. The number of rotatable bonds is 7.